The van der Waals surface area contributed by atoms with Crippen LogP contribution in [0.1, 0.15) is 0 Å². The smallest absolute Gasteiger partial charge is 0.0540 e. The van der Waals surface area contributed by atoms with Crippen molar-refractivity contribution >= 4 is 109 Å². The molecule has 12 rings (SSSR count). The van der Waals surface area contributed by atoms with Crippen LogP contribution in [0.4, 0.5) is 34.1 Å². The highest BCUT2D eigenvalue weighted by Crippen LogP contribution is 2.47. The minimum Gasteiger partial charge on any atom is -0.310 e. The van der Waals surface area contributed by atoms with Crippen molar-refractivity contribution in [2.45, 2.75) is 0 Å². The van der Waals surface area contributed by atoms with Crippen LogP contribution >= 0.6 is 11.3 Å². The molecule has 0 N–H and O–H groups in total. The minimum atomic E-state index is 1.12. The highest BCUT2D eigenvalue weighted by atomic mass is 32.1. The first kappa shape index (κ1) is 35.2. The summed E-state index contributed by atoms with van der Waals surface area (Å²) in [5.74, 6) is 0. The lowest BCUT2D eigenvalue weighted by molar-refractivity contribution is 1.29. The Bertz CT molecular complexity index is 3540. The first-order valence-electron chi connectivity index (χ1n) is 20.8. The molecule has 0 amide bonds. The average Bonchev–Trinajstić information content (AvgIpc) is 3.71. The number of nitrogens with zero attached hydrogens (tertiary/aromatic N) is 2. The normalized spacial score (nSPS) is 11.6. The maximum atomic E-state index is 2.46. The summed E-state index contributed by atoms with van der Waals surface area (Å²) >= 11 is 1.86. The number of benzene rings is 11. The van der Waals surface area contributed by atoms with Gasteiger partial charge in [0.25, 0.3) is 0 Å². The Hall–Kier alpha value is -7.72. The van der Waals surface area contributed by atoms with Gasteiger partial charge in [0, 0.05) is 54.2 Å². The van der Waals surface area contributed by atoms with E-state index in [-0.39, 0.29) is 0 Å². The molecule has 0 aliphatic carbocycles. The molecule has 0 fully saturated rings. The van der Waals surface area contributed by atoms with E-state index in [1.807, 2.05) is 11.3 Å². The molecule has 12 aromatic rings. The third-order valence-corrected chi connectivity index (χ3v) is 13.3. The Kier molecular flexibility index (Phi) is 8.39. The van der Waals surface area contributed by atoms with Gasteiger partial charge in [-0.1, -0.05) is 152 Å². The van der Waals surface area contributed by atoms with E-state index in [4.69, 9.17) is 0 Å². The average molecular weight is 795 g/mol. The van der Waals surface area contributed by atoms with Crippen molar-refractivity contribution in [3.05, 3.63) is 231 Å². The van der Waals surface area contributed by atoms with Crippen molar-refractivity contribution < 1.29 is 0 Å². The van der Waals surface area contributed by atoms with Crippen LogP contribution in [0.2, 0.25) is 0 Å². The molecule has 0 saturated carbocycles. The molecule has 1 aromatic heterocycles. The first-order valence-corrected chi connectivity index (χ1v) is 21.7. The maximum absolute atomic E-state index is 2.46. The van der Waals surface area contributed by atoms with Crippen LogP contribution in [0.3, 0.4) is 0 Å². The van der Waals surface area contributed by atoms with E-state index in [1.165, 1.54) is 74.4 Å². The fourth-order valence-corrected chi connectivity index (χ4v) is 10.5. The highest BCUT2D eigenvalue weighted by molar-refractivity contribution is 7.25. The zero-order valence-corrected chi connectivity index (χ0v) is 34.1. The molecule has 0 bridgehead atoms. The molecule has 0 aliphatic rings. The van der Waals surface area contributed by atoms with E-state index in [1.54, 1.807) is 0 Å². The first-order chi connectivity index (χ1) is 30.3. The lowest BCUT2D eigenvalue weighted by atomic mass is 9.90. The summed E-state index contributed by atoms with van der Waals surface area (Å²) < 4.78 is 2.60. The predicted octanol–water partition coefficient (Wildman–Crippen LogP) is 17.3. The molecule has 0 spiro atoms. The number of anilines is 6. The molecule has 0 unspecified atom stereocenters. The maximum Gasteiger partial charge on any atom is 0.0540 e. The van der Waals surface area contributed by atoms with Crippen LogP contribution in [0, 0.1) is 0 Å². The topological polar surface area (TPSA) is 6.48 Å². The second kappa shape index (κ2) is 14.5. The summed E-state index contributed by atoms with van der Waals surface area (Å²) in [7, 11) is 0. The number of hydrogen-bond acceptors (Lipinski definition) is 3. The van der Waals surface area contributed by atoms with E-state index in [0.717, 1.165) is 34.1 Å². The molecule has 0 saturated heterocycles. The number of fused-ring (bicyclic) bond motifs is 11. The number of rotatable bonds is 7. The molecule has 11 aromatic carbocycles. The Morgan fingerprint density at radius 3 is 1.54 bits per heavy atom. The third kappa shape index (κ3) is 5.93. The van der Waals surface area contributed by atoms with E-state index in [0.29, 0.717) is 0 Å². The summed E-state index contributed by atoms with van der Waals surface area (Å²) in [6, 6.07) is 84.2. The summed E-state index contributed by atoms with van der Waals surface area (Å²) in [5, 5.41) is 12.6. The quantitative estimate of drug-likeness (QED) is 0.148. The molecule has 0 radical (unpaired) electrons. The predicted molar refractivity (Wildman–Crippen MR) is 264 cm³/mol. The zero-order chi connectivity index (χ0) is 40.3. The van der Waals surface area contributed by atoms with Crippen LogP contribution < -0.4 is 9.80 Å². The molecule has 61 heavy (non-hydrogen) atoms. The Labute approximate surface area is 358 Å². The summed E-state index contributed by atoms with van der Waals surface area (Å²) in [4.78, 5) is 4.80. The largest absolute Gasteiger partial charge is 0.310 e. The van der Waals surface area contributed by atoms with E-state index < -0.39 is 0 Å². The Morgan fingerprint density at radius 1 is 0.279 bits per heavy atom. The summed E-state index contributed by atoms with van der Waals surface area (Å²) in [6.45, 7) is 0. The summed E-state index contributed by atoms with van der Waals surface area (Å²) in [5.41, 5.74) is 9.15. The van der Waals surface area contributed by atoms with Crippen LogP contribution in [-0.2, 0) is 0 Å². The van der Waals surface area contributed by atoms with E-state index >= 15 is 0 Å². The highest BCUT2D eigenvalue weighted by Gasteiger charge is 2.21. The second-order valence-electron chi connectivity index (χ2n) is 15.7. The van der Waals surface area contributed by atoms with Gasteiger partial charge >= 0.3 is 0 Å². The summed E-state index contributed by atoms with van der Waals surface area (Å²) in [6.07, 6.45) is 0. The lowest BCUT2D eigenvalue weighted by Gasteiger charge is -2.28. The lowest BCUT2D eigenvalue weighted by Crippen LogP contribution is -2.11. The standard InChI is InChI=1S/C58H38N2S/c1-4-16-39(17-5-1)46-22-12-14-26-55(46)60(45-31-35-57-54(38-45)50-24-13-15-27-56(50)61-57)44-30-34-49-52-32-28-40-36-43(59(41-18-6-2-7-19-41)42-20-8-3-9-21-42)29-33-47(40)58(52)51-25-11-10-23-48(51)53(49)37-44/h1-38H. The number of hydrogen-bond donors (Lipinski definition) is 0. The van der Waals surface area contributed by atoms with Crippen LogP contribution in [0.25, 0.3) is 74.4 Å². The van der Waals surface area contributed by atoms with Crippen molar-refractivity contribution in [3.8, 4) is 11.1 Å². The van der Waals surface area contributed by atoms with Crippen molar-refractivity contribution in [1.29, 1.82) is 0 Å². The molecule has 0 aliphatic heterocycles. The molecular formula is C58H38N2S. The van der Waals surface area contributed by atoms with Crippen molar-refractivity contribution in [2.75, 3.05) is 9.80 Å². The van der Waals surface area contributed by atoms with Gasteiger partial charge in [-0.05, 0) is 128 Å². The number of thiophene rings is 1. The molecular weight excluding hydrogens is 757 g/mol. The van der Waals surface area contributed by atoms with Crippen LogP contribution in [0.15, 0.2) is 231 Å². The molecule has 2 nitrogen and oxygen atoms in total. The minimum absolute atomic E-state index is 1.12. The van der Waals surface area contributed by atoms with Crippen LogP contribution in [0.5, 0.6) is 0 Å². The van der Waals surface area contributed by atoms with Gasteiger partial charge in [-0.3, -0.25) is 0 Å². The van der Waals surface area contributed by atoms with Gasteiger partial charge in [0.05, 0.1) is 5.69 Å². The van der Waals surface area contributed by atoms with E-state index in [9.17, 15) is 0 Å². The van der Waals surface area contributed by atoms with Gasteiger partial charge in [-0.2, -0.15) is 0 Å². The van der Waals surface area contributed by atoms with Crippen molar-refractivity contribution in [2.24, 2.45) is 0 Å². The molecule has 286 valence electrons. The van der Waals surface area contributed by atoms with Crippen molar-refractivity contribution in [1.82, 2.24) is 0 Å². The van der Waals surface area contributed by atoms with Crippen molar-refractivity contribution in [3.63, 3.8) is 0 Å². The molecule has 1 heterocycles. The fourth-order valence-electron chi connectivity index (χ4n) is 9.45. The number of para-hydroxylation sites is 3. The zero-order valence-electron chi connectivity index (χ0n) is 33.2. The van der Waals surface area contributed by atoms with Gasteiger partial charge in [0.2, 0.25) is 0 Å². The van der Waals surface area contributed by atoms with E-state index in [2.05, 4.69) is 240 Å². The van der Waals surface area contributed by atoms with Gasteiger partial charge < -0.3 is 9.80 Å². The van der Waals surface area contributed by atoms with Crippen LogP contribution in [-0.4, -0.2) is 0 Å². The fraction of sp³-hybridized carbons (Fsp3) is 0. The van der Waals surface area contributed by atoms with Gasteiger partial charge in [0.15, 0.2) is 0 Å². The Balaban J connectivity index is 1.07. The molecule has 3 heteroatoms. The SMILES string of the molecule is c1ccc(-c2ccccc2N(c2ccc3sc4ccccc4c3c2)c2ccc3c(c2)c2ccccc2c2c4ccc(N(c5ccccc5)c5ccccc5)cc4ccc32)cc1. The second-order valence-corrected chi connectivity index (χ2v) is 16.8. The third-order valence-electron chi connectivity index (χ3n) is 12.2. The monoisotopic (exact) mass is 794 g/mol. The Morgan fingerprint density at radius 2 is 0.787 bits per heavy atom. The van der Waals surface area contributed by atoms with Gasteiger partial charge in [-0.15, -0.1) is 11.3 Å². The van der Waals surface area contributed by atoms with Gasteiger partial charge in [-0.25, -0.2) is 0 Å². The molecule has 0 atom stereocenters. The van der Waals surface area contributed by atoms with Gasteiger partial charge in [0.1, 0.15) is 0 Å².